The van der Waals surface area contributed by atoms with Gasteiger partial charge in [-0.05, 0) is 54.3 Å². The van der Waals surface area contributed by atoms with Crippen LogP contribution >= 0.6 is 0 Å². The van der Waals surface area contributed by atoms with E-state index in [1.165, 1.54) is 22.5 Å². The molecule has 1 saturated heterocycles. The van der Waals surface area contributed by atoms with Gasteiger partial charge in [0.05, 0.1) is 16.5 Å². The lowest BCUT2D eigenvalue weighted by molar-refractivity contribution is -0.123. The molecule has 34 heavy (non-hydrogen) atoms. The number of hydrogen-bond acceptors (Lipinski definition) is 5. The molecule has 0 unspecified atom stereocenters. The average molecular weight is 482 g/mol. The molecule has 3 aromatic carbocycles. The molecular formula is C25H27N3O5S. The zero-order valence-corrected chi connectivity index (χ0v) is 19.7. The summed E-state index contributed by atoms with van der Waals surface area (Å²) in [6.45, 7) is 2.42. The standard InChI is InChI=1S/C25H27N3O5S/c1-17(20-10-6-8-18-7-2-3-9-21(18)20)27-24(29)16-33-23-12-11-19(15-22(23)25(26)30)34(31,32)28-13-4-5-14-28/h2-3,6-12,15,17H,4-5,13-14,16H2,1H3,(H2,26,30)(H,27,29)/t17-/m1/s1. The molecule has 0 aliphatic carbocycles. The molecule has 0 saturated carbocycles. The highest BCUT2D eigenvalue weighted by molar-refractivity contribution is 7.89. The molecule has 1 heterocycles. The van der Waals surface area contributed by atoms with Gasteiger partial charge in [0.25, 0.3) is 11.8 Å². The number of rotatable bonds is 8. The van der Waals surface area contributed by atoms with Gasteiger partial charge in [0.2, 0.25) is 10.0 Å². The molecule has 4 rings (SSSR count). The molecule has 0 aromatic heterocycles. The Morgan fingerprint density at radius 2 is 1.76 bits per heavy atom. The number of nitrogens with two attached hydrogens (primary N) is 1. The Balaban J connectivity index is 1.46. The van der Waals surface area contributed by atoms with E-state index in [0.717, 1.165) is 29.2 Å². The second kappa shape index (κ2) is 9.82. The fourth-order valence-corrected chi connectivity index (χ4v) is 5.74. The van der Waals surface area contributed by atoms with Gasteiger partial charge in [-0.25, -0.2) is 8.42 Å². The molecule has 1 atom stereocenters. The average Bonchev–Trinajstić information content (AvgIpc) is 3.38. The fourth-order valence-electron chi connectivity index (χ4n) is 4.20. The van der Waals surface area contributed by atoms with Crippen LogP contribution in [0.4, 0.5) is 0 Å². The first-order valence-corrected chi connectivity index (χ1v) is 12.5. The maximum atomic E-state index is 12.8. The Bertz CT molecular complexity index is 1330. The summed E-state index contributed by atoms with van der Waals surface area (Å²) in [7, 11) is -3.72. The number of carbonyl (C=O) groups is 2. The van der Waals surface area contributed by atoms with E-state index in [0.29, 0.717) is 13.1 Å². The second-order valence-electron chi connectivity index (χ2n) is 8.28. The quantitative estimate of drug-likeness (QED) is 0.513. The molecule has 1 aliphatic rings. The van der Waals surface area contributed by atoms with Gasteiger partial charge in [-0.2, -0.15) is 4.31 Å². The van der Waals surface area contributed by atoms with Crippen LogP contribution < -0.4 is 15.8 Å². The Morgan fingerprint density at radius 3 is 2.50 bits per heavy atom. The number of ether oxygens (including phenoxy) is 1. The van der Waals surface area contributed by atoms with E-state index in [2.05, 4.69) is 5.32 Å². The van der Waals surface area contributed by atoms with Gasteiger partial charge in [-0.3, -0.25) is 9.59 Å². The van der Waals surface area contributed by atoms with Crippen LogP contribution in [0.1, 0.15) is 41.7 Å². The smallest absolute Gasteiger partial charge is 0.258 e. The van der Waals surface area contributed by atoms with Gasteiger partial charge < -0.3 is 15.8 Å². The fraction of sp³-hybridized carbons (Fsp3) is 0.280. The van der Waals surface area contributed by atoms with Crippen LogP contribution in [0.25, 0.3) is 10.8 Å². The number of nitrogens with zero attached hydrogens (tertiary/aromatic N) is 1. The number of benzene rings is 3. The molecular weight excluding hydrogens is 454 g/mol. The summed E-state index contributed by atoms with van der Waals surface area (Å²) >= 11 is 0. The number of sulfonamides is 1. The van der Waals surface area contributed by atoms with Crippen molar-refractivity contribution in [1.82, 2.24) is 9.62 Å². The van der Waals surface area contributed by atoms with E-state index in [-0.39, 0.29) is 34.8 Å². The second-order valence-corrected chi connectivity index (χ2v) is 10.2. The summed E-state index contributed by atoms with van der Waals surface area (Å²) in [5.41, 5.74) is 6.35. The van der Waals surface area contributed by atoms with Crippen LogP contribution in [-0.2, 0) is 14.8 Å². The van der Waals surface area contributed by atoms with Crippen molar-refractivity contribution < 1.29 is 22.7 Å². The maximum Gasteiger partial charge on any atom is 0.258 e. The molecule has 8 nitrogen and oxygen atoms in total. The third-order valence-corrected chi connectivity index (χ3v) is 7.84. The van der Waals surface area contributed by atoms with E-state index in [9.17, 15) is 18.0 Å². The molecule has 9 heteroatoms. The highest BCUT2D eigenvalue weighted by atomic mass is 32.2. The highest BCUT2D eigenvalue weighted by Gasteiger charge is 2.28. The number of amides is 2. The minimum absolute atomic E-state index is 0.0235. The molecule has 1 aliphatic heterocycles. The van der Waals surface area contributed by atoms with Gasteiger partial charge in [0.15, 0.2) is 6.61 Å². The first-order valence-electron chi connectivity index (χ1n) is 11.1. The van der Waals surface area contributed by atoms with Crippen LogP contribution in [0.3, 0.4) is 0 Å². The minimum atomic E-state index is -3.72. The van der Waals surface area contributed by atoms with Gasteiger partial charge >= 0.3 is 0 Å². The molecule has 0 bridgehead atoms. The van der Waals surface area contributed by atoms with Crippen LogP contribution in [0.5, 0.6) is 5.75 Å². The highest BCUT2D eigenvalue weighted by Crippen LogP contribution is 2.27. The Hall–Kier alpha value is -3.43. The summed E-state index contributed by atoms with van der Waals surface area (Å²) in [5, 5.41) is 5.02. The van der Waals surface area contributed by atoms with Crippen LogP contribution in [0.2, 0.25) is 0 Å². The normalized spacial score (nSPS) is 15.2. The van der Waals surface area contributed by atoms with Crippen LogP contribution in [-0.4, -0.2) is 44.2 Å². The molecule has 3 N–H and O–H groups in total. The molecule has 178 valence electrons. The van der Waals surface area contributed by atoms with Crippen molar-refractivity contribution >= 4 is 32.6 Å². The summed E-state index contributed by atoms with van der Waals surface area (Å²) in [4.78, 5) is 24.5. The van der Waals surface area contributed by atoms with Crippen molar-refractivity contribution in [2.45, 2.75) is 30.7 Å². The first kappa shape index (κ1) is 23.7. The largest absolute Gasteiger partial charge is 0.483 e. The van der Waals surface area contributed by atoms with Gasteiger partial charge in [0.1, 0.15) is 5.75 Å². The molecule has 1 fully saturated rings. The Morgan fingerprint density at radius 1 is 1.06 bits per heavy atom. The molecule has 0 spiro atoms. The molecule has 0 radical (unpaired) electrons. The van der Waals surface area contributed by atoms with E-state index in [1.54, 1.807) is 0 Å². The van der Waals surface area contributed by atoms with Crippen LogP contribution in [0.15, 0.2) is 65.6 Å². The van der Waals surface area contributed by atoms with Crippen molar-refractivity contribution in [3.05, 3.63) is 71.8 Å². The van der Waals surface area contributed by atoms with Crippen molar-refractivity contribution in [2.75, 3.05) is 19.7 Å². The zero-order chi connectivity index (χ0) is 24.3. The SMILES string of the molecule is C[C@@H](NC(=O)COc1ccc(S(=O)(=O)N2CCCC2)cc1C(N)=O)c1cccc2ccccc12. The summed E-state index contributed by atoms with van der Waals surface area (Å²) in [5.74, 6) is -1.16. The maximum absolute atomic E-state index is 12.8. The van der Waals surface area contributed by atoms with Crippen molar-refractivity contribution in [2.24, 2.45) is 5.73 Å². The summed E-state index contributed by atoms with van der Waals surface area (Å²) < 4.78 is 32.6. The van der Waals surface area contributed by atoms with E-state index >= 15 is 0 Å². The van der Waals surface area contributed by atoms with E-state index in [1.807, 2.05) is 49.4 Å². The lowest BCUT2D eigenvalue weighted by atomic mass is 10.00. The van der Waals surface area contributed by atoms with Crippen molar-refractivity contribution in [3.8, 4) is 5.75 Å². The third kappa shape index (κ3) is 4.90. The van der Waals surface area contributed by atoms with E-state index < -0.39 is 15.9 Å². The van der Waals surface area contributed by atoms with Crippen molar-refractivity contribution in [1.29, 1.82) is 0 Å². The lowest BCUT2D eigenvalue weighted by Crippen LogP contribution is -2.31. The summed E-state index contributed by atoms with van der Waals surface area (Å²) in [6, 6.07) is 17.5. The predicted molar refractivity (Wildman–Crippen MR) is 129 cm³/mol. The van der Waals surface area contributed by atoms with Crippen LogP contribution in [0, 0.1) is 0 Å². The predicted octanol–water partition coefficient (Wildman–Crippen LogP) is 2.98. The molecule has 3 aromatic rings. The first-order chi connectivity index (χ1) is 16.3. The van der Waals surface area contributed by atoms with Gasteiger partial charge in [0, 0.05) is 13.1 Å². The Labute approximate surface area is 198 Å². The summed E-state index contributed by atoms with van der Waals surface area (Å²) in [6.07, 6.45) is 1.60. The number of carbonyl (C=O) groups excluding carboxylic acids is 2. The van der Waals surface area contributed by atoms with Crippen molar-refractivity contribution in [3.63, 3.8) is 0 Å². The number of fused-ring (bicyclic) bond motifs is 1. The monoisotopic (exact) mass is 481 g/mol. The topological polar surface area (TPSA) is 119 Å². The zero-order valence-electron chi connectivity index (χ0n) is 18.9. The number of hydrogen-bond donors (Lipinski definition) is 2. The minimum Gasteiger partial charge on any atom is -0.483 e. The number of nitrogens with one attached hydrogen (secondary N) is 1. The van der Waals surface area contributed by atoms with Gasteiger partial charge in [-0.1, -0.05) is 42.5 Å². The number of primary amides is 1. The van der Waals surface area contributed by atoms with E-state index in [4.69, 9.17) is 10.5 Å². The lowest BCUT2D eigenvalue weighted by Gasteiger charge is -2.18. The Kier molecular flexibility index (Phi) is 6.85. The third-order valence-electron chi connectivity index (χ3n) is 5.95. The van der Waals surface area contributed by atoms with Gasteiger partial charge in [-0.15, -0.1) is 0 Å². The molecule has 2 amide bonds.